The summed E-state index contributed by atoms with van der Waals surface area (Å²) < 4.78 is 6.42. The topological polar surface area (TPSA) is 56.3 Å². The zero-order chi connectivity index (χ0) is 22.0. The van der Waals surface area contributed by atoms with E-state index in [1.54, 1.807) is 25.1 Å². The molecule has 1 heterocycles. The molecule has 3 aromatic carbocycles. The van der Waals surface area contributed by atoms with Crippen molar-refractivity contribution in [2.75, 3.05) is 0 Å². The maximum atomic E-state index is 13.1. The molecular formula is C26H20BrNO3. The highest BCUT2D eigenvalue weighted by Crippen LogP contribution is 2.28. The molecule has 0 amide bonds. The van der Waals surface area contributed by atoms with E-state index in [-0.39, 0.29) is 5.78 Å². The zero-order valence-electron chi connectivity index (χ0n) is 17.1. The summed E-state index contributed by atoms with van der Waals surface area (Å²) in [6.07, 6.45) is -0.911. The van der Waals surface area contributed by atoms with E-state index in [9.17, 15) is 9.59 Å². The molecule has 0 radical (unpaired) electrons. The van der Waals surface area contributed by atoms with Gasteiger partial charge in [0.25, 0.3) is 0 Å². The molecule has 1 atom stereocenters. The van der Waals surface area contributed by atoms with Crippen LogP contribution in [0.3, 0.4) is 0 Å². The second kappa shape index (κ2) is 8.82. The number of aromatic nitrogens is 1. The molecule has 0 saturated carbocycles. The van der Waals surface area contributed by atoms with Crippen molar-refractivity contribution in [3.8, 4) is 11.3 Å². The number of Topliss-reactive ketones (excluding diaryl/α,β-unsaturated/α-hetero) is 1. The van der Waals surface area contributed by atoms with Crippen molar-refractivity contribution in [1.29, 1.82) is 0 Å². The van der Waals surface area contributed by atoms with Gasteiger partial charge in [0, 0.05) is 21.0 Å². The maximum Gasteiger partial charge on any atom is 0.339 e. The second-order valence-electron chi connectivity index (χ2n) is 7.36. The number of carbonyl (C=O) groups is 2. The molecule has 0 N–H and O–H groups in total. The lowest BCUT2D eigenvalue weighted by Crippen LogP contribution is -2.24. The summed E-state index contributed by atoms with van der Waals surface area (Å²) in [5.74, 6) is -0.799. The van der Waals surface area contributed by atoms with Gasteiger partial charge in [-0.3, -0.25) is 4.79 Å². The lowest BCUT2D eigenvalue weighted by atomic mass is 10.0. The zero-order valence-corrected chi connectivity index (χ0v) is 18.7. The highest BCUT2D eigenvalue weighted by molar-refractivity contribution is 9.10. The third-order valence-electron chi connectivity index (χ3n) is 5.05. The predicted octanol–water partition coefficient (Wildman–Crippen LogP) is 6.40. The number of ketones is 1. The molecule has 0 aliphatic heterocycles. The molecule has 0 aliphatic rings. The number of halogens is 1. The number of benzene rings is 3. The minimum Gasteiger partial charge on any atom is -0.451 e. The first kappa shape index (κ1) is 20.9. The molecule has 4 aromatic rings. The van der Waals surface area contributed by atoms with Gasteiger partial charge in [0.15, 0.2) is 6.10 Å². The van der Waals surface area contributed by atoms with E-state index in [1.165, 1.54) is 0 Å². The Morgan fingerprint density at radius 3 is 2.35 bits per heavy atom. The number of carbonyl (C=O) groups excluding carboxylic acids is 2. The maximum absolute atomic E-state index is 13.1. The van der Waals surface area contributed by atoms with Crippen LogP contribution in [0.15, 0.2) is 83.3 Å². The molecule has 0 fully saturated rings. The molecule has 1 aromatic heterocycles. The van der Waals surface area contributed by atoms with Gasteiger partial charge < -0.3 is 4.74 Å². The van der Waals surface area contributed by atoms with Crippen molar-refractivity contribution in [1.82, 2.24) is 4.98 Å². The number of esters is 1. The summed E-state index contributed by atoms with van der Waals surface area (Å²) in [6.45, 7) is 3.55. The average molecular weight is 474 g/mol. The Morgan fingerprint density at radius 2 is 1.65 bits per heavy atom. The number of pyridine rings is 1. The molecule has 0 saturated heterocycles. The molecule has 0 bridgehead atoms. The molecule has 0 spiro atoms. The van der Waals surface area contributed by atoms with Crippen molar-refractivity contribution < 1.29 is 14.3 Å². The van der Waals surface area contributed by atoms with Crippen LogP contribution in [0.5, 0.6) is 0 Å². The first-order chi connectivity index (χ1) is 14.9. The molecule has 4 rings (SSSR count). The van der Waals surface area contributed by atoms with Crippen LogP contribution in [0.1, 0.15) is 33.2 Å². The largest absolute Gasteiger partial charge is 0.451 e. The lowest BCUT2D eigenvalue weighted by molar-refractivity contribution is 0.0320. The molecule has 5 heteroatoms. The number of fused-ring (bicyclic) bond motifs is 1. The van der Waals surface area contributed by atoms with Crippen LogP contribution < -0.4 is 0 Å². The first-order valence-electron chi connectivity index (χ1n) is 9.90. The normalized spacial score (nSPS) is 11.8. The Kier molecular flexibility index (Phi) is 5.96. The van der Waals surface area contributed by atoms with E-state index < -0.39 is 12.1 Å². The second-order valence-corrected chi connectivity index (χ2v) is 8.28. The molecular weight excluding hydrogens is 454 g/mol. The fourth-order valence-corrected chi connectivity index (χ4v) is 3.71. The summed E-state index contributed by atoms with van der Waals surface area (Å²) in [5, 5.41) is 0.661. The summed E-state index contributed by atoms with van der Waals surface area (Å²) in [7, 11) is 0. The van der Waals surface area contributed by atoms with Gasteiger partial charge in [-0.25, -0.2) is 9.78 Å². The first-order valence-corrected chi connectivity index (χ1v) is 10.7. The van der Waals surface area contributed by atoms with Crippen molar-refractivity contribution in [2.45, 2.75) is 20.0 Å². The number of ether oxygens (including phenoxy) is 1. The van der Waals surface area contributed by atoms with Crippen LogP contribution >= 0.6 is 15.9 Å². The van der Waals surface area contributed by atoms with E-state index in [1.807, 2.05) is 67.6 Å². The Morgan fingerprint density at radius 1 is 0.935 bits per heavy atom. The average Bonchev–Trinajstić information content (AvgIpc) is 2.79. The van der Waals surface area contributed by atoms with Crippen LogP contribution in [0, 0.1) is 6.92 Å². The third kappa shape index (κ3) is 4.57. The van der Waals surface area contributed by atoms with Gasteiger partial charge in [-0.2, -0.15) is 0 Å². The van der Waals surface area contributed by atoms with E-state index >= 15 is 0 Å². The third-order valence-corrected chi connectivity index (χ3v) is 5.54. The quantitative estimate of drug-likeness (QED) is 0.248. The summed E-state index contributed by atoms with van der Waals surface area (Å²) in [4.78, 5) is 30.6. The standard InChI is InChI=1S/C26H20BrNO3/c1-16-8-10-19(11-9-16)25(29)17(2)31-26(30)22-15-24(18-6-4-3-5-7-18)28-23-13-12-20(27)14-21(22)23/h3-15,17H,1-2H3/t17-/m0/s1. The fraction of sp³-hybridized carbons (Fsp3) is 0.115. The van der Waals surface area contributed by atoms with Gasteiger partial charge in [-0.15, -0.1) is 0 Å². The van der Waals surface area contributed by atoms with Gasteiger partial charge in [0.05, 0.1) is 16.8 Å². The van der Waals surface area contributed by atoms with Crippen LogP contribution in [0.4, 0.5) is 0 Å². The van der Waals surface area contributed by atoms with E-state index in [4.69, 9.17) is 9.72 Å². The minimum absolute atomic E-state index is 0.240. The van der Waals surface area contributed by atoms with E-state index in [0.717, 1.165) is 15.6 Å². The van der Waals surface area contributed by atoms with Crippen molar-refractivity contribution >= 4 is 38.6 Å². The molecule has 0 unspecified atom stereocenters. The Bertz CT molecular complexity index is 1270. The molecule has 4 nitrogen and oxygen atoms in total. The number of hydrogen-bond donors (Lipinski definition) is 0. The van der Waals surface area contributed by atoms with Crippen LogP contribution in [-0.4, -0.2) is 22.8 Å². The minimum atomic E-state index is -0.911. The monoisotopic (exact) mass is 473 g/mol. The van der Waals surface area contributed by atoms with Gasteiger partial charge in [0.1, 0.15) is 0 Å². The van der Waals surface area contributed by atoms with Crippen molar-refractivity contribution in [3.05, 3.63) is 100 Å². The van der Waals surface area contributed by atoms with Gasteiger partial charge in [-0.05, 0) is 38.1 Å². The van der Waals surface area contributed by atoms with Crippen LogP contribution in [0.2, 0.25) is 0 Å². The van der Waals surface area contributed by atoms with Crippen LogP contribution in [-0.2, 0) is 4.74 Å². The number of rotatable bonds is 5. The van der Waals surface area contributed by atoms with E-state index in [2.05, 4.69) is 15.9 Å². The number of nitrogens with zero attached hydrogens (tertiary/aromatic N) is 1. The highest BCUT2D eigenvalue weighted by Gasteiger charge is 2.23. The SMILES string of the molecule is Cc1ccc(C(=O)[C@H](C)OC(=O)c2cc(-c3ccccc3)nc3ccc(Br)cc23)cc1. The van der Waals surface area contributed by atoms with Gasteiger partial charge in [0.2, 0.25) is 5.78 Å². The number of aryl methyl sites for hydroxylation is 1. The summed E-state index contributed by atoms with van der Waals surface area (Å²) in [6, 6.07) is 24.1. The Labute approximate surface area is 189 Å². The predicted molar refractivity (Wildman–Crippen MR) is 125 cm³/mol. The van der Waals surface area contributed by atoms with Gasteiger partial charge in [-0.1, -0.05) is 76.1 Å². The fourth-order valence-electron chi connectivity index (χ4n) is 3.35. The Hall–Kier alpha value is -3.31. The number of hydrogen-bond acceptors (Lipinski definition) is 4. The molecule has 0 aliphatic carbocycles. The smallest absolute Gasteiger partial charge is 0.339 e. The van der Waals surface area contributed by atoms with Crippen LogP contribution in [0.25, 0.3) is 22.2 Å². The summed E-state index contributed by atoms with van der Waals surface area (Å²) >= 11 is 3.46. The van der Waals surface area contributed by atoms with Crippen molar-refractivity contribution in [3.63, 3.8) is 0 Å². The lowest BCUT2D eigenvalue weighted by Gasteiger charge is -2.15. The highest BCUT2D eigenvalue weighted by atomic mass is 79.9. The Balaban J connectivity index is 1.70. The van der Waals surface area contributed by atoms with Gasteiger partial charge >= 0.3 is 5.97 Å². The summed E-state index contributed by atoms with van der Waals surface area (Å²) in [5.41, 5.74) is 4.18. The molecule has 154 valence electrons. The molecule has 31 heavy (non-hydrogen) atoms. The van der Waals surface area contributed by atoms with E-state index in [0.29, 0.717) is 27.7 Å². The van der Waals surface area contributed by atoms with Crippen molar-refractivity contribution in [2.24, 2.45) is 0 Å².